The molecule has 8 heteroatoms. The summed E-state index contributed by atoms with van der Waals surface area (Å²) in [7, 11) is 0. The molecule has 2 rings (SSSR count). The summed E-state index contributed by atoms with van der Waals surface area (Å²) in [6.07, 6.45) is 2.62. The van der Waals surface area contributed by atoms with Gasteiger partial charge in [0.2, 0.25) is 0 Å². The van der Waals surface area contributed by atoms with E-state index in [0.717, 1.165) is 11.9 Å². The van der Waals surface area contributed by atoms with Crippen molar-refractivity contribution in [1.82, 2.24) is 15.0 Å². The van der Waals surface area contributed by atoms with Crippen LogP contribution in [0.25, 0.3) is 0 Å². The molecule has 2 aromatic rings. The number of carbonyl (C=O) groups excluding carboxylic acids is 1. The normalized spacial score (nSPS) is 10.2. The molecule has 0 bridgehead atoms. The molecule has 0 saturated heterocycles. The van der Waals surface area contributed by atoms with Crippen molar-refractivity contribution in [3.8, 4) is 0 Å². The number of carbonyl (C=O) groups is 2. The SMILES string of the molecule is Cc1cc(NC(=O)c2nc[nH]c2C(=O)O)cnc1Br. The van der Waals surface area contributed by atoms with E-state index in [1.54, 1.807) is 6.07 Å². The number of aromatic nitrogens is 3. The third kappa shape index (κ3) is 2.79. The minimum absolute atomic E-state index is 0.173. The lowest BCUT2D eigenvalue weighted by molar-refractivity contribution is 0.0686. The highest BCUT2D eigenvalue weighted by Crippen LogP contribution is 2.17. The van der Waals surface area contributed by atoms with Gasteiger partial charge in [-0.15, -0.1) is 0 Å². The summed E-state index contributed by atoms with van der Waals surface area (Å²) in [6, 6.07) is 1.71. The Kier molecular flexibility index (Phi) is 3.61. The van der Waals surface area contributed by atoms with E-state index >= 15 is 0 Å². The molecule has 0 aliphatic carbocycles. The van der Waals surface area contributed by atoms with Gasteiger partial charge in [-0.1, -0.05) is 0 Å². The predicted octanol–water partition coefficient (Wildman–Crippen LogP) is 1.83. The Morgan fingerprint density at radius 3 is 2.79 bits per heavy atom. The van der Waals surface area contributed by atoms with Crippen LogP contribution < -0.4 is 5.32 Å². The molecule has 19 heavy (non-hydrogen) atoms. The van der Waals surface area contributed by atoms with E-state index < -0.39 is 11.9 Å². The fourth-order valence-corrected chi connectivity index (χ4v) is 1.66. The number of H-pyrrole nitrogens is 1. The molecule has 0 aliphatic heterocycles. The first-order valence-electron chi connectivity index (χ1n) is 5.19. The lowest BCUT2D eigenvalue weighted by Gasteiger charge is -2.05. The molecule has 0 atom stereocenters. The van der Waals surface area contributed by atoms with E-state index in [-0.39, 0.29) is 11.4 Å². The average molecular weight is 325 g/mol. The van der Waals surface area contributed by atoms with Crippen LogP contribution in [0.1, 0.15) is 26.5 Å². The predicted molar refractivity (Wildman–Crippen MR) is 70.2 cm³/mol. The first-order chi connectivity index (χ1) is 8.99. The molecule has 0 radical (unpaired) electrons. The number of rotatable bonds is 3. The summed E-state index contributed by atoms with van der Waals surface area (Å²) in [4.78, 5) is 32.9. The Morgan fingerprint density at radius 2 is 2.16 bits per heavy atom. The van der Waals surface area contributed by atoms with Crippen molar-refractivity contribution in [3.63, 3.8) is 0 Å². The van der Waals surface area contributed by atoms with Gasteiger partial charge in [-0.05, 0) is 34.5 Å². The van der Waals surface area contributed by atoms with Crippen LogP contribution in [0.2, 0.25) is 0 Å². The number of nitrogens with zero attached hydrogens (tertiary/aromatic N) is 2. The topological polar surface area (TPSA) is 108 Å². The number of amides is 1. The summed E-state index contributed by atoms with van der Waals surface area (Å²) in [6.45, 7) is 1.82. The number of nitrogens with one attached hydrogen (secondary N) is 2. The molecule has 0 aliphatic rings. The Morgan fingerprint density at radius 1 is 1.42 bits per heavy atom. The second-order valence-corrected chi connectivity index (χ2v) is 4.47. The largest absolute Gasteiger partial charge is 0.477 e. The molecule has 2 aromatic heterocycles. The minimum Gasteiger partial charge on any atom is -0.477 e. The molecule has 7 nitrogen and oxygen atoms in total. The fourth-order valence-electron chi connectivity index (χ4n) is 1.45. The quantitative estimate of drug-likeness (QED) is 0.746. The number of aromatic amines is 1. The minimum atomic E-state index is -1.24. The zero-order chi connectivity index (χ0) is 14.0. The third-order valence-corrected chi connectivity index (χ3v) is 3.17. The molecule has 0 saturated carbocycles. The number of hydrogen-bond donors (Lipinski definition) is 3. The van der Waals surface area contributed by atoms with Crippen LogP contribution in [-0.2, 0) is 0 Å². The molecule has 3 N–H and O–H groups in total. The van der Waals surface area contributed by atoms with E-state index in [9.17, 15) is 9.59 Å². The van der Waals surface area contributed by atoms with Gasteiger partial charge in [-0.2, -0.15) is 0 Å². The number of carboxylic acids is 1. The lowest BCUT2D eigenvalue weighted by atomic mass is 10.2. The second kappa shape index (κ2) is 5.19. The summed E-state index contributed by atoms with van der Waals surface area (Å²) < 4.78 is 0.677. The molecule has 98 valence electrons. The summed E-state index contributed by atoms with van der Waals surface area (Å²) in [5.74, 6) is -1.85. The van der Waals surface area contributed by atoms with Crippen molar-refractivity contribution in [2.24, 2.45) is 0 Å². The van der Waals surface area contributed by atoms with Gasteiger partial charge in [0, 0.05) is 0 Å². The van der Waals surface area contributed by atoms with Crippen molar-refractivity contribution in [2.45, 2.75) is 6.92 Å². The second-order valence-electron chi connectivity index (χ2n) is 3.72. The summed E-state index contributed by atoms with van der Waals surface area (Å²) in [5.41, 5.74) is 0.885. The zero-order valence-electron chi connectivity index (χ0n) is 9.77. The fraction of sp³-hybridized carbons (Fsp3) is 0.0909. The number of aromatic carboxylic acids is 1. The molecular weight excluding hydrogens is 316 g/mol. The van der Waals surface area contributed by atoms with Crippen molar-refractivity contribution in [1.29, 1.82) is 0 Å². The Labute approximate surface area is 116 Å². The maximum atomic E-state index is 11.9. The number of aryl methyl sites for hydroxylation is 1. The van der Waals surface area contributed by atoms with Crippen molar-refractivity contribution < 1.29 is 14.7 Å². The van der Waals surface area contributed by atoms with Gasteiger partial charge in [-0.3, -0.25) is 4.79 Å². The van der Waals surface area contributed by atoms with Crippen LogP contribution in [0, 0.1) is 6.92 Å². The van der Waals surface area contributed by atoms with Gasteiger partial charge in [0.15, 0.2) is 11.4 Å². The van der Waals surface area contributed by atoms with Gasteiger partial charge in [0.05, 0.1) is 18.2 Å². The number of halogens is 1. The standard InChI is InChI=1S/C11H9BrN4O3/c1-5-2-6(3-13-9(5)12)16-10(17)7-8(11(18)19)15-4-14-7/h2-4H,1H3,(H,14,15)(H,16,17)(H,18,19). The van der Waals surface area contributed by atoms with Crippen LogP contribution in [0.3, 0.4) is 0 Å². The third-order valence-electron chi connectivity index (χ3n) is 2.34. The van der Waals surface area contributed by atoms with Crippen molar-refractivity contribution in [3.05, 3.63) is 40.1 Å². The summed E-state index contributed by atoms with van der Waals surface area (Å²) >= 11 is 3.25. The molecular formula is C11H9BrN4O3. The number of anilines is 1. The first-order valence-corrected chi connectivity index (χ1v) is 5.98. The highest BCUT2D eigenvalue weighted by atomic mass is 79.9. The van der Waals surface area contributed by atoms with Gasteiger partial charge in [-0.25, -0.2) is 14.8 Å². The van der Waals surface area contributed by atoms with E-state index in [2.05, 4.69) is 36.2 Å². The van der Waals surface area contributed by atoms with E-state index in [0.29, 0.717) is 10.3 Å². The zero-order valence-corrected chi connectivity index (χ0v) is 11.4. The molecule has 2 heterocycles. The van der Waals surface area contributed by atoms with Crippen LogP contribution >= 0.6 is 15.9 Å². The van der Waals surface area contributed by atoms with E-state index in [1.165, 1.54) is 6.20 Å². The number of pyridine rings is 1. The maximum absolute atomic E-state index is 11.9. The van der Waals surface area contributed by atoms with Crippen LogP contribution in [0.5, 0.6) is 0 Å². The van der Waals surface area contributed by atoms with Crippen LogP contribution in [0.4, 0.5) is 5.69 Å². The Bertz CT molecular complexity index is 653. The van der Waals surface area contributed by atoms with Gasteiger partial charge < -0.3 is 15.4 Å². The highest BCUT2D eigenvalue weighted by Gasteiger charge is 2.19. The molecule has 0 aromatic carbocycles. The van der Waals surface area contributed by atoms with E-state index in [1.807, 2.05) is 6.92 Å². The number of carboxylic acid groups (broad SMARTS) is 1. The van der Waals surface area contributed by atoms with Crippen LogP contribution in [-0.4, -0.2) is 31.9 Å². The maximum Gasteiger partial charge on any atom is 0.354 e. The van der Waals surface area contributed by atoms with Gasteiger partial charge in [0.25, 0.3) is 5.91 Å². The highest BCUT2D eigenvalue weighted by molar-refractivity contribution is 9.10. The monoisotopic (exact) mass is 324 g/mol. The van der Waals surface area contributed by atoms with Crippen molar-refractivity contribution >= 4 is 33.5 Å². The Balaban J connectivity index is 2.23. The van der Waals surface area contributed by atoms with Crippen LogP contribution in [0.15, 0.2) is 23.2 Å². The van der Waals surface area contributed by atoms with Crippen molar-refractivity contribution in [2.75, 3.05) is 5.32 Å². The molecule has 0 spiro atoms. The lowest BCUT2D eigenvalue weighted by Crippen LogP contribution is -2.16. The number of hydrogen-bond acceptors (Lipinski definition) is 4. The first kappa shape index (κ1) is 13.2. The molecule has 1 amide bonds. The smallest absolute Gasteiger partial charge is 0.354 e. The molecule has 0 unspecified atom stereocenters. The average Bonchev–Trinajstić information content (AvgIpc) is 2.83. The van der Waals surface area contributed by atoms with E-state index in [4.69, 9.17) is 5.11 Å². The number of imidazole rings is 1. The molecule has 0 fully saturated rings. The van der Waals surface area contributed by atoms with Gasteiger partial charge in [0.1, 0.15) is 4.60 Å². The van der Waals surface area contributed by atoms with Gasteiger partial charge >= 0.3 is 5.97 Å². The summed E-state index contributed by atoms with van der Waals surface area (Å²) in [5, 5.41) is 11.4. The Hall–Kier alpha value is -2.22.